The zero-order valence-corrected chi connectivity index (χ0v) is 15.9. The van der Waals surface area contributed by atoms with E-state index in [0.29, 0.717) is 22.2 Å². The van der Waals surface area contributed by atoms with Gasteiger partial charge < -0.3 is 10.6 Å². The topological polar surface area (TPSA) is 48.1 Å². The standard InChI is InChI=1S/C18H26N4S2/c1-11(2)13-5-7-15(8-6-13)19-17(23)21-22-18(24)20-16-10-12-3-4-14(16)9-12/h5-8,11-12,14,16H,3-4,9-10H2,1-2H3,(H2,19,21,23)(H2,20,22,24)/t12-,14+,16+/m0/s1. The van der Waals surface area contributed by atoms with E-state index in [-0.39, 0.29) is 0 Å². The molecule has 0 aromatic heterocycles. The van der Waals surface area contributed by atoms with Gasteiger partial charge in [-0.25, -0.2) is 0 Å². The first-order valence-electron chi connectivity index (χ1n) is 8.74. The van der Waals surface area contributed by atoms with Gasteiger partial charge in [0.1, 0.15) is 0 Å². The molecular weight excluding hydrogens is 336 g/mol. The zero-order valence-electron chi connectivity index (χ0n) is 14.3. The van der Waals surface area contributed by atoms with Crippen molar-refractivity contribution in [2.24, 2.45) is 11.8 Å². The summed E-state index contributed by atoms with van der Waals surface area (Å²) in [5, 5.41) is 7.70. The molecule has 130 valence electrons. The molecular formula is C18H26N4S2. The molecule has 3 rings (SSSR count). The second-order valence-electron chi connectivity index (χ2n) is 7.24. The van der Waals surface area contributed by atoms with Crippen LogP contribution in [0, 0.1) is 11.8 Å². The van der Waals surface area contributed by atoms with Crippen molar-refractivity contribution in [1.82, 2.24) is 16.2 Å². The van der Waals surface area contributed by atoms with Gasteiger partial charge in [0.05, 0.1) is 0 Å². The fraction of sp³-hybridized carbons (Fsp3) is 0.556. The summed E-state index contributed by atoms with van der Waals surface area (Å²) in [5.74, 6) is 2.22. The van der Waals surface area contributed by atoms with Crippen LogP contribution in [0.4, 0.5) is 5.69 Å². The summed E-state index contributed by atoms with van der Waals surface area (Å²) in [6.45, 7) is 4.37. The van der Waals surface area contributed by atoms with Crippen LogP contribution in [0.2, 0.25) is 0 Å². The number of rotatable bonds is 3. The lowest BCUT2D eigenvalue weighted by atomic mass is 9.96. The number of fused-ring (bicyclic) bond motifs is 2. The molecule has 1 aromatic rings. The first kappa shape index (κ1) is 17.4. The molecule has 2 bridgehead atoms. The minimum Gasteiger partial charge on any atom is -0.358 e. The van der Waals surface area contributed by atoms with Gasteiger partial charge in [0.2, 0.25) is 0 Å². The van der Waals surface area contributed by atoms with E-state index in [1.165, 1.54) is 31.2 Å². The highest BCUT2D eigenvalue weighted by molar-refractivity contribution is 7.80. The van der Waals surface area contributed by atoms with Crippen molar-refractivity contribution in [3.8, 4) is 0 Å². The second-order valence-corrected chi connectivity index (χ2v) is 8.05. The molecule has 0 unspecified atom stereocenters. The normalized spacial score (nSPS) is 24.7. The molecule has 0 radical (unpaired) electrons. The molecule has 0 spiro atoms. The molecule has 0 amide bonds. The van der Waals surface area contributed by atoms with Crippen molar-refractivity contribution < 1.29 is 0 Å². The number of hydrogen-bond acceptors (Lipinski definition) is 2. The number of hydrazine groups is 1. The van der Waals surface area contributed by atoms with Crippen LogP contribution in [0.1, 0.15) is 51.0 Å². The van der Waals surface area contributed by atoms with Gasteiger partial charge in [-0.15, -0.1) is 0 Å². The van der Waals surface area contributed by atoms with Crippen molar-refractivity contribution in [3.05, 3.63) is 29.8 Å². The number of benzene rings is 1. The number of anilines is 1. The van der Waals surface area contributed by atoms with Gasteiger partial charge in [-0.3, -0.25) is 10.9 Å². The Morgan fingerprint density at radius 2 is 1.71 bits per heavy atom. The molecule has 2 aliphatic carbocycles. The van der Waals surface area contributed by atoms with E-state index in [4.69, 9.17) is 24.4 Å². The second kappa shape index (κ2) is 7.66. The van der Waals surface area contributed by atoms with E-state index in [1.807, 2.05) is 12.1 Å². The third kappa shape index (κ3) is 4.36. The summed E-state index contributed by atoms with van der Waals surface area (Å²) in [6, 6.07) is 8.83. The molecule has 24 heavy (non-hydrogen) atoms. The minimum atomic E-state index is 0.504. The Balaban J connectivity index is 1.39. The van der Waals surface area contributed by atoms with Gasteiger partial charge in [0.25, 0.3) is 0 Å². The lowest BCUT2D eigenvalue weighted by Crippen LogP contribution is -2.51. The van der Waals surface area contributed by atoms with Crippen molar-refractivity contribution in [3.63, 3.8) is 0 Å². The van der Waals surface area contributed by atoms with Gasteiger partial charge in [-0.1, -0.05) is 32.4 Å². The van der Waals surface area contributed by atoms with Gasteiger partial charge in [-0.2, -0.15) is 0 Å². The summed E-state index contributed by atoms with van der Waals surface area (Å²) in [5.41, 5.74) is 8.22. The molecule has 2 saturated carbocycles. The Bertz CT molecular complexity index is 600. The Hall–Kier alpha value is -1.40. The smallest absolute Gasteiger partial charge is 0.189 e. The SMILES string of the molecule is CC(C)c1ccc(NC(=S)NNC(=S)N[C@@H]2C[C@H]3CC[C@@H]2C3)cc1. The van der Waals surface area contributed by atoms with E-state index < -0.39 is 0 Å². The van der Waals surface area contributed by atoms with Crippen molar-refractivity contribution in [2.45, 2.75) is 51.5 Å². The van der Waals surface area contributed by atoms with E-state index in [9.17, 15) is 0 Å². The minimum absolute atomic E-state index is 0.504. The van der Waals surface area contributed by atoms with Crippen LogP contribution in [0.3, 0.4) is 0 Å². The number of nitrogens with one attached hydrogen (secondary N) is 4. The van der Waals surface area contributed by atoms with E-state index >= 15 is 0 Å². The predicted octanol–water partition coefficient (Wildman–Crippen LogP) is 3.66. The molecule has 4 nitrogen and oxygen atoms in total. The van der Waals surface area contributed by atoms with Crippen LogP contribution >= 0.6 is 24.4 Å². The first-order chi connectivity index (χ1) is 11.5. The average Bonchev–Trinajstić information content (AvgIpc) is 3.16. The summed E-state index contributed by atoms with van der Waals surface area (Å²) in [6.07, 6.45) is 5.34. The van der Waals surface area contributed by atoms with Crippen LogP contribution in [0.15, 0.2) is 24.3 Å². The lowest BCUT2D eigenvalue weighted by molar-refractivity contribution is 0.389. The Morgan fingerprint density at radius 3 is 2.29 bits per heavy atom. The summed E-state index contributed by atoms with van der Waals surface area (Å²) in [4.78, 5) is 0. The maximum Gasteiger partial charge on any atom is 0.189 e. The first-order valence-corrected chi connectivity index (χ1v) is 9.56. The number of hydrogen-bond donors (Lipinski definition) is 4. The largest absolute Gasteiger partial charge is 0.358 e. The van der Waals surface area contributed by atoms with E-state index in [1.54, 1.807) is 0 Å². The maximum absolute atomic E-state index is 5.36. The monoisotopic (exact) mass is 362 g/mol. The average molecular weight is 363 g/mol. The number of thiocarbonyl (C=S) groups is 2. The molecule has 3 atom stereocenters. The Kier molecular flexibility index (Phi) is 5.56. The Labute approximate surface area is 155 Å². The van der Waals surface area contributed by atoms with Gasteiger partial charge in [-0.05, 0) is 79.1 Å². The highest BCUT2D eigenvalue weighted by Crippen LogP contribution is 2.44. The summed E-state index contributed by atoms with van der Waals surface area (Å²) in [7, 11) is 0. The van der Waals surface area contributed by atoms with E-state index in [2.05, 4.69) is 47.5 Å². The summed E-state index contributed by atoms with van der Waals surface area (Å²) < 4.78 is 0. The highest BCUT2D eigenvalue weighted by atomic mass is 32.1. The molecule has 0 heterocycles. The molecule has 6 heteroatoms. The van der Waals surface area contributed by atoms with Crippen LogP contribution in [0.25, 0.3) is 0 Å². The fourth-order valence-corrected chi connectivity index (χ4v) is 4.22. The zero-order chi connectivity index (χ0) is 17.1. The molecule has 4 N–H and O–H groups in total. The van der Waals surface area contributed by atoms with Crippen molar-refractivity contribution >= 4 is 40.3 Å². The van der Waals surface area contributed by atoms with Crippen LogP contribution in [-0.4, -0.2) is 16.3 Å². The van der Waals surface area contributed by atoms with Gasteiger partial charge in [0.15, 0.2) is 10.2 Å². The molecule has 0 saturated heterocycles. The Morgan fingerprint density at radius 1 is 1.00 bits per heavy atom. The van der Waals surface area contributed by atoms with E-state index in [0.717, 1.165) is 17.5 Å². The fourth-order valence-electron chi connectivity index (χ4n) is 3.85. The lowest BCUT2D eigenvalue weighted by Gasteiger charge is -2.24. The third-order valence-electron chi connectivity index (χ3n) is 5.18. The molecule has 0 aliphatic heterocycles. The summed E-state index contributed by atoms with van der Waals surface area (Å²) >= 11 is 10.7. The highest BCUT2D eigenvalue weighted by Gasteiger charge is 2.39. The van der Waals surface area contributed by atoms with Crippen LogP contribution in [0.5, 0.6) is 0 Å². The van der Waals surface area contributed by atoms with Crippen LogP contribution < -0.4 is 21.5 Å². The molecule has 2 fully saturated rings. The predicted molar refractivity (Wildman–Crippen MR) is 108 cm³/mol. The van der Waals surface area contributed by atoms with Crippen LogP contribution in [-0.2, 0) is 0 Å². The van der Waals surface area contributed by atoms with Gasteiger partial charge in [0, 0.05) is 11.7 Å². The molecule has 2 aliphatic rings. The maximum atomic E-state index is 5.36. The quantitative estimate of drug-likeness (QED) is 0.486. The third-order valence-corrected chi connectivity index (χ3v) is 5.60. The van der Waals surface area contributed by atoms with Gasteiger partial charge >= 0.3 is 0 Å². The van der Waals surface area contributed by atoms with Crippen molar-refractivity contribution in [1.29, 1.82) is 0 Å². The van der Waals surface area contributed by atoms with Crippen molar-refractivity contribution in [2.75, 3.05) is 5.32 Å². The molecule has 1 aromatic carbocycles.